The number of hydrogen-bond donors (Lipinski definition) is 1. The molecule has 0 amide bonds. The number of methoxy groups -OCH3 is 2. The fourth-order valence-electron chi connectivity index (χ4n) is 2.05. The van der Waals surface area contributed by atoms with Crippen LogP contribution in [-0.4, -0.2) is 37.3 Å². The lowest BCUT2D eigenvalue weighted by molar-refractivity contribution is -0.0601. The van der Waals surface area contributed by atoms with Crippen molar-refractivity contribution in [2.45, 2.75) is 24.9 Å². The number of ether oxygens (including phenoxy) is 2. The van der Waals surface area contributed by atoms with Crippen LogP contribution < -0.4 is 5.32 Å². The van der Waals surface area contributed by atoms with Crippen LogP contribution in [-0.2, 0) is 9.47 Å². The summed E-state index contributed by atoms with van der Waals surface area (Å²) >= 11 is 0. The summed E-state index contributed by atoms with van der Waals surface area (Å²) in [6.07, 6.45) is 4.92. The first-order chi connectivity index (χ1) is 8.69. The molecule has 0 saturated heterocycles. The summed E-state index contributed by atoms with van der Waals surface area (Å²) in [6, 6.07) is 3.32. The number of hydrogen-bond acceptors (Lipinski definition) is 5. The van der Waals surface area contributed by atoms with E-state index >= 15 is 0 Å². The number of anilines is 1. The zero-order chi connectivity index (χ0) is 13.0. The molecule has 0 unspecified atom stereocenters. The van der Waals surface area contributed by atoms with E-state index in [1.807, 2.05) is 0 Å². The molecule has 1 aliphatic rings. The van der Waals surface area contributed by atoms with Crippen LogP contribution in [0.5, 0.6) is 0 Å². The molecule has 1 aromatic heterocycles. The van der Waals surface area contributed by atoms with Crippen LogP contribution in [0, 0.1) is 0 Å². The lowest BCUT2D eigenvalue weighted by Crippen LogP contribution is -2.45. The lowest BCUT2D eigenvalue weighted by Gasteiger charge is -2.40. The second-order valence-corrected chi connectivity index (χ2v) is 4.52. The van der Waals surface area contributed by atoms with Crippen molar-refractivity contribution in [3.05, 3.63) is 23.9 Å². The number of pyridine rings is 1. The molecule has 5 heteroatoms. The Labute approximate surface area is 107 Å². The molecule has 0 radical (unpaired) electrons. The van der Waals surface area contributed by atoms with Crippen molar-refractivity contribution in [2.24, 2.45) is 0 Å². The Morgan fingerprint density at radius 2 is 2.28 bits per heavy atom. The van der Waals surface area contributed by atoms with Gasteiger partial charge in [0.2, 0.25) is 0 Å². The van der Waals surface area contributed by atoms with Crippen LogP contribution in [0.2, 0.25) is 0 Å². The van der Waals surface area contributed by atoms with Crippen molar-refractivity contribution in [3.63, 3.8) is 0 Å². The summed E-state index contributed by atoms with van der Waals surface area (Å²) in [5.74, 6) is 0.312. The summed E-state index contributed by atoms with van der Waals surface area (Å²) in [5.41, 5.74) is 0.429. The minimum absolute atomic E-state index is 0.0665. The molecule has 1 aromatic rings. The van der Waals surface area contributed by atoms with Gasteiger partial charge >= 0.3 is 5.97 Å². The molecule has 0 bridgehead atoms. The molecule has 1 heterocycles. The Morgan fingerprint density at radius 3 is 2.83 bits per heavy atom. The van der Waals surface area contributed by atoms with E-state index < -0.39 is 0 Å². The number of nitrogens with zero attached hydrogens (tertiary/aromatic N) is 1. The van der Waals surface area contributed by atoms with Gasteiger partial charge in [0.15, 0.2) is 0 Å². The van der Waals surface area contributed by atoms with E-state index in [1.54, 1.807) is 25.4 Å². The molecule has 1 fully saturated rings. The van der Waals surface area contributed by atoms with E-state index in [0.717, 1.165) is 12.8 Å². The van der Waals surface area contributed by atoms with Gasteiger partial charge in [-0.05, 0) is 31.4 Å². The number of aromatic nitrogens is 1. The largest absolute Gasteiger partial charge is 0.465 e. The van der Waals surface area contributed by atoms with Gasteiger partial charge < -0.3 is 14.8 Å². The summed E-state index contributed by atoms with van der Waals surface area (Å²) in [6.45, 7) is 0.709. The molecule has 1 aliphatic carbocycles. The van der Waals surface area contributed by atoms with Crippen LogP contribution in [0.3, 0.4) is 0 Å². The summed E-state index contributed by atoms with van der Waals surface area (Å²) < 4.78 is 10.2. The van der Waals surface area contributed by atoms with Gasteiger partial charge in [-0.1, -0.05) is 0 Å². The molecule has 1 saturated carbocycles. The van der Waals surface area contributed by atoms with Crippen LogP contribution >= 0.6 is 0 Å². The lowest BCUT2D eigenvalue weighted by atomic mass is 9.80. The van der Waals surface area contributed by atoms with Gasteiger partial charge in [0.1, 0.15) is 5.82 Å². The standard InChI is InChI=1S/C13H18N2O3/c1-17-12(16)10-4-7-14-11(8-10)15-9-13(18-2)5-3-6-13/h4,7-8H,3,5-6,9H2,1-2H3,(H,14,15). The third-order valence-corrected chi connectivity index (χ3v) is 3.47. The summed E-state index contributed by atoms with van der Waals surface area (Å²) in [5, 5.41) is 3.21. The number of nitrogens with one attached hydrogen (secondary N) is 1. The maximum atomic E-state index is 11.4. The molecular weight excluding hydrogens is 232 g/mol. The van der Waals surface area contributed by atoms with Gasteiger partial charge in [-0.15, -0.1) is 0 Å². The second kappa shape index (κ2) is 5.35. The number of carbonyl (C=O) groups excluding carboxylic acids is 1. The molecule has 98 valence electrons. The molecule has 2 rings (SSSR count). The highest BCUT2D eigenvalue weighted by molar-refractivity contribution is 5.89. The Hall–Kier alpha value is -1.62. The van der Waals surface area contributed by atoms with E-state index in [2.05, 4.69) is 15.0 Å². The fraction of sp³-hybridized carbons (Fsp3) is 0.538. The molecule has 5 nitrogen and oxygen atoms in total. The summed E-state index contributed by atoms with van der Waals surface area (Å²) in [7, 11) is 3.10. The molecule has 0 aromatic carbocycles. The average Bonchev–Trinajstić information content (AvgIpc) is 2.37. The SMILES string of the molecule is COC(=O)c1ccnc(NCC2(OC)CCC2)c1. The van der Waals surface area contributed by atoms with E-state index in [0.29, 0.717) is 17.9 Å². The number of rotatable bonds is 5. The monoisotopic (exact) mass is 250 g/mol. The molecule has 1 N–H and O–H groups in total. The predicted octanol–water partition coefficient (Wildman–Crippen LogP) is 1.85. The van der Waals surface area contributed by atoms with Crippen molar-refractivity contribution < 1.29 is 14.3 Å². The third-order valence-electron chi connectivity index (χ3n) is 3.47. The van der Waals surface area contributed by atoms with Gasteiger partial charge in [-0.3, -0.25) is 0 Å². The third kappa shape index (κ3) is 2.61. The van der Waals surface area contributed by atoms with Gasteiger partial charge in [-0.25, -0.2) is 9.78 Å². The highest BCUT2D eigenvalue weighted by Gasteiger charge is 2.36. The molecule has 18 heavy (non-hydrogen) atoms. The van der Waals surface area contributed by atoms with Crippen molar-refractivity contribution in [1.82, 2.24) is 4.98 Å². The van der Waals surface area contributed by atoms with E-state index in [-0.39, 0.29) is 11.6 Å². The first-order valence-corrected chi connectivity index (χ1v) is 6.02. The van der Waals surface area contributed by atoms with Gasteiger partial charge in [0, 0.05) is 19.9 Å². The Morgan fingerprint density at radius 1 is 1.50 bits per heavy atom. The maximum absolute atomic E-state index is 11.4. The highest BCUT2D eigenvalue weighted by atomic mass is 16.5. The van der Waals surface area contributed by atoms with E-state index in [1.165, 1.54) is 13.5 Å². The topological polar surface area (TPSA) is 60.5 Å². The molecule has 0 spiro atoms. The zero-order valence-corrected chi connectivity index (χ0v) is 10.7. The normalized spacial score (nSPS) is 16.8. The van der Waals surface area contributed by atoms with Gasteiger partial charge in [0.05, 0.1) is 18.3 Å². The van der Waals surface area contributed by atoms with Crippen molar-refractivity contribution in [2.75, 3.05) is 26.1 Å². The minimum Gasteiger partial charge on any atom is -0.465 e. The molecular formula is C13H18N2O3. The minimum atomic E-state index is -0.356. The van der Waals surface area contributed by atoms with Gasteiger partial charge in [0.25, 0.3) is 0 Å². The Bertz CT molecular complexity index is 424. The van der Waals surface area contributed by atoms with Crippen LogP contribution in [0.25, 0.3) is 0 Å². The number of carbonyl (C=O) groups is 1. The zero-order valence-electron chi connectivity index (χ0n) is 10.7. The fourth-order valence-corrected chi connectivity index (χ4v) is 2.05. The highest BCUT2D eigenvalue weighted by Crippen LogP contribution is 2.34. The number of esters is 1. The van der Waals surface area contributed by atoms with E-state index in [9.17, 15) is 4.79 Å². The average molecular weight is 250 g/mol. The predicted molar refractivity (Wildman–Crippen MR) is 67.7 cm³/mol. The smallest absolute Gasteiger partial charge is 0.338 e. The first-order valence-electron chi connectivity index (χ1n) is 6.02. The van der Waals surface area contributed by atoms with Crippen molar-refractivity contribution in [3.8, 4) is 0 Å². The maximum Gasteiger partial charge on any atom is 0.338 e. The second-order valence-electron chi connectivity index (χ2n) is 4.52. The van der Waals surface area contributed by atoms with Crippen LogP contribution in [0.1, 0.15) is 29.6 Å². The first kappa shape index (κ1) is 12.8. The van der Waals surface area contributed by atoms with Crippen LogP contribution in [0.4, 0.5) is 5.82 Å². The molecule has 0 aliphatic heterocycles. The van der Waals surface area contributed by atoms with E-state index in [4.69, 9.17) is 4.74 Å². The van der Waals surface area contributed by atoms with Crippen molar-refractivity contribution >= 4 is 11.8 Å². The van der Waals surface area contributed by atoms with Crippen LogP contribution in [0.15, 0.2) is 18.3 Å². The molecule has 0 atom stereocenters. The summed E-state index contributed by atoms with van der Waals surface area (Å²) in [4.78, 5) is 15.6. The Kier molecular flexibility index (Phi) is 3.81. The Balaban J connectivity index is 1.99. The van der Waals surface area contributed by atoms with Crippen molar-refractivity contribution in [1.29, 1.82) is 0 Å². The van der Waals surface area contributed by atoms with Gasteiger partial charge in [-0.2, -0.15) is 0 Å². The quantitative estimate of drug-likeness (QED) is 0.808.